The van der Waals surface area contributed by atoms with Gasteiger partial charge in [0.1, 0.15) is 5.75 Å². The van der Waals surface area contributed by atoms with Crippen molar-refractivity contribution in [2.45, 2.75) is 6.42 Å². The smallest absolute Gasteiger partial charge is 0.228 e. The lowest BCUT2D eigenvalue weighted by Gasteiger charge is -2.12. The standard InChI is InChI=1S/C18H20N2O3/c1-22-16-4-2-3-5-17(16)23-15-8-6-14(7-9-15)20-18(21)13-10-11-19-12-13/h2-9,13,19H,10-12H2,1H3,(H,20,21). The van der Waals surface area contributed by atoms with Gasteiger partial charge in [0.05, 0.1) is 13.0 Å². The summed E-state index contributed by atoms with van der Waals surface area (Å²) in [5.41, 5.74) is 0.772. The van der Waals surface area contributed by atoms with E-state index in [4.69, 9.17) is 9.47 Å². The molecule has 2 aromatic carbocycles. The molecule has 1 atom stereocenters. The molecule has 23 heavy (non-hydrogen) atoms. The quantitative estimate of drug-likeness (QED) is 0.891. The Labute approximate surface area is 135 Å². The van der Waals surface area contributed by atoms with E-state index >= 15 is 0 Å². The molecule has 1 amide bonds. The molecule has 2 N–H and O–H groups in total. The number of carbonyl (C=O) groups is 1. The highest BCUT2D eigenvalue weighted by Gasteiger charge is 2.22. The molecule has 5 heteroatoms. The molecule has 1 aliphatic heterocycles. The number of rotatable bonds is 5. The summed E-state index contributed by atoms with van der Waals surface area (Å²) < 4.78 is 11.1. The van der Waals surface area contributed by atoms with Crippen molar-refractivity contribution in [2.75, 3.05) is 25.5 Å². The number of hydrogen-bond donors (Lipinski definition) is 2. The molecule has 3 rings (SSSR count). The fourth-order valence-corrected chi connectivity index (χ4v) is 2.56. The number of benzene rings is 2. The average Bonchev–Trinajstić information content (AvgIpc) is 3.12. The van der Waals surface area contributed by atoms with Gasteiger partial charge in [-0.25, -0.2) is 0 Å². The summed E-state index contributed by atoms with van der Waals surface area (Å²) >= 11 is 0. The Morgan fingerprint density at radius 1 is 1.13 bits per heavy atom. The fraction of sp³-hybridized carbons (Fsp3) is 0.278. The number of nitrogens with one attached hydrogen (secondary N) is 2. The van der Waals surface area contributed by atoms with Gasteiger partial charge < -0.3 is 20.1 Å². The van der Waals surface area contributed by atoms with E-state index in [-0.39, 0.29) is 11.8 Å². The number of methoxy groups -OCH3 is 1. The van der Waals surface area contributed by atoms with Gasteiger partial charge in [0.2, 0.25) is 5.91 Å². The molecule has 0 spiro atoms. The Morgan fingerprint density at radius 2 is 1.87 bits per heavy atom. The van der Waals surface area contributed by atoms with Crippen molar-refractivity contribution < 1.29 is 14.3 Å². The Morgan fingerprint density at radius 3 is 2.52 bits per heavy atom. The van der Waals surface area contributed by atoms with E-state index in [0.29, 0.717) is 17.2 Å². The molecule has 5 nitrogen and oxygen atoms in total. The van der Waals surface area contributed by atoms with Crippen molar-refractivity contribution in [3.05, 3.63) is 48.5 Å². The molecular weight excluding hydrogens is 292 g/mol. The molecule has 120 valence electrons. The second-order valence-corrected chi connectivity index (χ2v) is 5.46. The van der Waals surface area contributed by atoms with E-state index in [1.807, 2.05) is 48.5 Å². The SMILES string of the molecule is COc1ccccc1Oc1ccc(NC(=O)C2CCNC2)cc1. The lowest BCUT2D eigenvalue weighted by molar-refractivity contribution is -0.119. The molecule has 1 aliphatic rings. The molecule has 1 saturated heterocycles. The van der Waals surface area contributed by atoms with Crippen LogP contribution in [-0.4, -0.2) is 26.1 Å². The summed E-state index contributed by atoms with van der Waals surface area (Å²) in [7, 11) is 1.61. The minimum Gasteiger partial charge on any atom is -0.493 e. The van der Waals surface area contributed by atoms with Crippen LogP contribution in [-0.2, 0) is 4.79 Å². The summed E-state index contributed by atoms with van der Waals surface area (Å²) in [5, 5.41) is 6.13. The van der Waals surface area contributed by atoms with Crippen molar-refractivity contribution in [3.63, 3.8) is 0 Å². The summed E-state index contributed by atoms with van der Waals surface area (Å²) in [5.74, 6) is 2.14. The van der Waals surface area contributed by atoms with Crippen LogP contribution in [0.2, 0.25) is 0 Å². The zero-order chi connectivity index (χ0) is 16.1. The van der Waals surface area contributed by atoms with Crippen LogP contribution in [0, 0.1) is 5.92 Å². The zero-order valence-corrected chi connectivity index (χ0v) is 13.0. The van der Waals surface area contributed by atoms with E-state index < -0.39 is 0 Å². The number of hydrogen-bond acceptors (Lipinski definition) is 4. The average molecular weight is 312 g/mol. The lowest BCUT2D eigenvalue weighted by atomic mass is 10.1. The lowest BCUT2D eigenvalue weighted by Crippen LogP contribution is -2.24. The largest absolute Gasteiger partial charge is 0.493 e. The van der Waals surface area contributed by atoms with Crippen LogP contribution in [0.3, 0.4) is 0 Å². The Bertz CT molecular complexity index is 664. The van der Waals surface area contributed by atoms with Crippen LogP contribution in [0.15, 0.2) is 48.5 Å². The van der Waals surface area contributed by atoms with Gasteiger partial charge >= 0.3 is 0 Å². The third kappa shape index (κ3) is 3.81. The second kappa shape index (κ2) is 7.15. The van der Waals surface area contributed by atoms with E-state index in [1.165, 1.54) is 0 Å². The van der Waals surface area contributed by atoms with Crippen molar-refractivity contribution in [1.29, 1.82) is 0 Å². The van der Waals surface area contributed by atoms with Gasteiger partial charge in [-0.1, -0.05) is 12.1 Å². The Kier molecular flexibility index (Phi) is 4.78. The minimum absolute atomic E-state index is 0.0551. The zero-order valence-electron chi connectivity index (χ0n) is 13.0. The molecule has 2 aromatic rings. The summed E-state index contributed by atoms with van der Waals surface area (Å²) in [4.78, 5) is 12.1. The minimum atomic E-state index is 0.0551. The first-order valence-electron chi connectivity index (χ1n) is 7.69. The highest BCUT2D eigenvalue weighted by Crippen LogP contribution is 2.31. The fourth-order valence-electron chi connectivity index (χ4n) is 2.56. The maximum Gasteiger partial charge on any atom is 0.228 e. The summed E-state index contributed by atoms with van der Waals surface area (Å²) in [6, 6.07) is 14.8. The molecule has 1 unspecified atom stereocenters. The number of para-hydroxylation sites is 2. The number of carbonyl (C=O) groups excluding carboxylic acids is 1. The van der Waals surface area contributed by atoms with Crippen LogP contribution in [0.25, 0.3) is 0 Å². The van der Waals surface area contributed by atoms with Crippen molar-refractivity contribution in [3.8, 4) is 17.2 Å². The first kappa shape index (κ1) is 15.4. The van der Waals surface area contributed by atoms with Crippen LogP contribution in [0.1, 0.15) is 6.42 Å². The van der Waals surface area contributed by atoms with E-state index in [0.717, 1.165) is 25.2 Å². The predicted molar refractivity (Wildman–Crippen MR) is 89.1 cm³/mol. The molecular formula is C18H20N2O3. The van der Waals surface area contributed by atoms with E-state index in [2.05, 4.69) is 10.6 Å². The molecule has 0 aliphatic carbocycles. The third-order valence-electron chi connectivity index (χ3n) is 3.85. The Hall–Kier alpha value is -2.53. The molecule has 0 saturated carbocycles. The predicted octanol–water partition coefficient (Wildman–Crippen LogP) is 3.04. The monoisotopic (exact) mass is 312 g/mol. The summed E-state index contributed by atoms with van der Waals surface area (Å²) in [6.45, 7) is 1.66. The Balaban J connectivity index is 1.63. The first-order chi connectivity index (χ1) is 11.3. The maximum absolute atomic E-state index is 12.1. The normalized spacial score (nSPS) is 16.8. The van der Waals surface area contributed by atoms with Crippen LogP contribution in [0.4, 0.5) is 5.69 Å². The molecule has 0 aromatic heterocycles. The van der Waals surface area contributed by atoms with Crippen molar-refractivity contribution >= 4 is 11.6 Å². The second-order valence-electron chi connectivity index (χ2n) is 5.46. The maximum atomic E-state index is 12.1. The van der Waals surface area contributed by atoms with Gasteiger partial charge in [0.25, 0.3) is 0 Å². The van der Waals surface area contributed by atoms with Gasteiger partial charge in [-0.2, -0.15) is 0 Å². The van der Waals surface area contributed by atoms with Crippen molar-refractivity contribution in [2.24, 2.45) is 5.92 Å². The van der Waals surface area contributed by atoms with Crippen LogP contribution < -0.4 is 20.1 Å². The highest BCUT2D eigenvalue weighted by molar-refractivity contribution is 5.92. The van der Waals surface area contributed by atoms with Crippen LogP contribution in [0.5, 0.6) is 17.2 Å². The topological polar surface area (TPSA) is 59.6 Å². The first-order valence-corrected chi connectivity index (χ1v) is 7.69. The van der Waals surface area contributed by atoms with Gasteiger partial charge in [-0.15, -0.1) is 0 Å². The van der Waals surface area contributed by atoms with E-state index in [1.54, 1.807) is 7.11 Å². The molecule has 1 heterocycles. The molecule has 0 bridgehead atoms. The number of amides is 1. The number of anilines is 1. The van der Waals surface area contributed by atoms with Crippen molar-refractivity contribution in [1.82, 2.24) is 5.32 Å². The molecule has 1 fully saturated rings. The van der Waals surface area contributed by atoms with Gasteiger partial charge in [0.15, 0.2) is 11.5 Å². The summed E-state index contributed by atoms with van der Waals surface area (Å²) in [6.07, 6.45) is 0.890. The number of ether oxygens (including phenoxy) is 2. The highest BCUT2D eigenvalue weighted by atomic mass is 16.5. The third-order valence-corrected chi connectivity index (χ3v) is 3.85. The molecule has 0 radical (unpaired) electrons. The van der Waals surface area contributed by atoms with E-state index in [9.17, 15) is 4.79 Å². The van der Waals surface area contributed by atoms with Gasteiger partial charge in [0, 0.05) is 12.2 Å². The van der Waals surface area contributed by atoms with Crippen LogP contribution >= 0.6 is 0 Å². The van der Waals surface area contributed by atoms with Gasteiger partial charge in [-0.3, -0.25) is 4.79 Å². The van der Waals surface area contributed by atoms with Gasteiger partial charge in [-0.05, 0) is 49.4 Å².